The van der Waals surface area contributed by atoms with E-state index < -0.39 is 156 Å². The molecule has 0 aromatic heterocycles. The van der Waals surface area contributed by atoms with Crippen LogP contribution < -0.4 is 37.5 Å². The molecule has 0 bridgehead atoms. The average Bonchev–Trinajstić information content (AvgIpc) is 0.888. The number of aliphatic imine (C=N–C) groups is 1. The highest BCUT2D eigenvalue weighted by Crippen LogP contribution is 2.52. The zero-order valence-corrected chi connectivity index (χ0v) is 50.6. The average molecular weight is 1230 g/mol. The van der Waals surface area contributed by atoms with Crippen LogP contribution in [0.2, 0.25) is 0 Å². The van der Waals surface area contributed by atoms with Gasteiger partial charge in [-0.15, -0.1) is 0 Å². The number of ether oxygens (including phenoxy) is 3. The van der Waals surface area contributed by atoms with E-state index in [-0.39, 0.29) is 97.4 Å². The molecule has 6 amide bonds. The first-order valence-corrected chi connectivity index (χ1v) is 29.4. The number of nitrogens with two attached hydrogens (primary N) is 2. The Labute approximate surface area is 509 Å². The lowest BCUT2D eigenvalue weighted by molar-refractivity contribution is -0.249. The predicted molar refractivity (Wildman–Crippen MR) is 317 cm³/mol. The number of aromatic hydroxyl groups is 2. The second-order valence-corrected chi connectivity index (χ2v) is 23.6. The number of carbonyl (C=O) groups excluding carboxylic acids is 9. The number of aliphatic hydroxyl groups is 3. The maximum absolute atomic E-state index is 14.6. The van der Waals surface area contributed by atoms with E-state index in [1.807, 2.05) is 44.2 Å². The van der Waals surface area contributed by atoms with E-state index in [1.54, 1.807) is 19.0 Å². The van der Waals surface area contributed by atoms with Crippen LogP contribution in [0.1, 0.15) is 127 Å². The van der Waals surface area contributed by atoms with Gasteiger partial charge >= 0.3 is 0 Å². The summed E-state index contributed by atoms with van der Waals surface area (Å²) in [5, 5.41) is 68.4. The molecule has 2 aliphatic carbocycles. The highest BCUT2D eigenvalue weighted by Gasteiger charge is 2.51. The monoisotopic (exact) mass is 1230 g/mol. The van der Waals surface area contributed by atoms with Crippen LogP contribution in [0.25, 0.3) is 0 Å². The van der Waals surface area contributed by atoms with Gasteiger partial charge in [-0.25, -0.2) is 0 Å². The van der Waals surface area contributed by atoms with E-state index in [4.69, 9.17) is 25.7 Å². The van der Waals surface area contributed by atoms with Crippen molar-refractivity contribution in [2.24, 2.45) is 22.4 Å². The molecule has 27 heteroatoms. The lowest BCUT2D eigenvalue weighted by Crippen LogP contribution is -2.60. The quantitative estimate of drug-likeness (QED) is 0.0161. The summed E-state index contributed by atoms with van der Waals surface area (Å²) in [6, 6.07) is 7.59. The van der Waals surface area contributed by atoms with Gasteiger partial charge in [-0.2, -0.15) is 0 Å². The Morgan fingerprint density at radius 2 is 1.58 bits per heavy atom. The van der Waals surface area contributed by atoms with Crippen molar-refractivity contribution in [3.8, 4) is 17.2 Å². The molecule has 27 nitrogen and oxygen atoms in total. The van der Waals surface area contributed by atoms with Crippen LogP contribution in [-0.2, 0) is 55.9 Å². The number of hydrogen-bond donors (Lipinski definition) is 11. The summed E-state index contributed by atoms with van der Waals surface area (Å²) < 4.78 is 17.8. The molecular formula is C61H82N10O17. The van der Waals surface area contributed by atoms with Crippen LogP contribution in [0.4, 0.5) is 0 Å². The molecule has 2 saturated heterocycles. The van der Waals surface area contributed by atoms with Crippen LogP contribution in [-0.4, -0.2) is 214 Å². The highest BCUT2D eigenvalue weighted by molar-refractivity contribution is 6.31. The van der Waals surface area contributed by atoms with Crippen molar-refractivity contribution in [3.63, 3.8) is 0 Å². The number of benzene rings is 3. The third-order valence-electron chi connectivity index (χ3n) is 16.3. The third kappa shape index (κ3) is 15.6. The number of likely N-dealkylation sites (N-methyl/N-ethyl adjacent to an activating group) is 2. The van der Waals surface area contributed by atoms with Crippen LogP contribution >= 0.6 is 0 Å². The Hall–Kier alpha value is -8.08. The molecule has 478 valence electrons. The van der Waals surface area contributed by atoms with Crippen molar-refractivity contribution >= 4 is 58.8 Å². The maximum Gasteiger partial charge on any atom is 0.245 e. The minimum atomic E-state index is -2.46. The van der Waals surface area contributed by atoms with Gasteiger partial charge in [0.1, 0.15) is 59.7 Å². The number of methoxy groups -OCH3 is 1. The lowest BCUT2D eigenvalue weighted by Gasteiger charge is -2.43. The number of Topliss-reactive ketones (excluding diaryl/α,β-unsaturated/α-hetero) is 1. The number of nitrogens with zero attached hydrogens (tertiary/aromatic N) is 4. The smallest absolute Gasteiger partial charge is 0.245 e. The molecule has 7 rings (SSSR count). The summed E-state index contributed by atoms with van der Waals surface area (Å²) in [5.41, 5.74) is 7.31. The number of aryl methyl sites for hydroxylation is 1. The molecule has 0 spiro atoms. The molecular weight excluding hydrogens is 1140 g/mol. The standard InChI is InChI=1S/C61H82N10O17/c1-31(2)24-39(68-56(81)36(21-20-33-14-9-8-10-15-33)65-44(74)28-70(6)59(84)37(17-12-22-64-60(62)63)66-58(83)40-18-13-23-71(40)45(75)29-69(4)5)57(82)67-38-25-46(87-32(3)51(38)76)88-42-27-61(85,43(73)30-72)26-35-48(42)55(80)50-49(53(35)78)52(77)34-16-11-19-41(86-7)47(34)54(50)79/h8-11,14-16,19,31-32,36-40,42,46,51,72,76,78,80,85H,12-13,17-18,20-30H2,1-7H3,(H,65,74)(H,66,83)(H,67,82)(H,68,81)(H4,62,63,64)/t32-,36-,37-,38-,39-,40-,42-,46-,51+,61-/m0/s1. The first-order chi connectivity index (χ1) is 41.7. The van der Waals surface area contributed by atoms with Crippen molar-refractivity contribution in [1.82, 2.24) is 36.0 Å². The number of ketones is 3. The van der Waals surface area contributed by atoms with Crippen LogP contribution in [0, 0.1) is 5.92 Å². The largest absolute Gasteiger partial charge is 0.507 e. The van der Waals surface area contributed by atoms with Crippen molar-refractivity contribution in [2.75, 3.05) is 61.0 Å². The van der Waals surface area contributed by atoms with Gasteiger partial charge in [0.2, 0.25) is 41.2 Å². The number of rotatable bonds is 26. The van der Waals surface area contributed by atoms with Crippen molar-refractivity contribution < 1.29 is 82.9 Å². The summed E-state index contributed by atoms with van der Waals surface area (Å²) >= 11 is 0. The Bertz CT molecular complexity index is 3160. The Balaban J connectivity index is 1.08. The molecule has 2 aliphatic heterocycles. The van der Waals surface area contributed by atoms with Crippen LogP contribution in [0.15, 0.2) is 53.5 Å². The maximum atomic E-state index is 14.6. The molecule has 4 aliphatic rings. The summed E-state index contributed by atoms with van der Waals surface area (Å²) in [6.07, 6.45) is -5.61. The first kappa shape index (κ1) is 67.4. The van der Waals surface area contributed by atoms with Crippen LogP contribution in [0.3, 0.4) is 0 Å². The number of phenolic OH excluding ortho intramolecular Hbond substituents is 2. The van der Waals surface area contributed by atoms with Crippen molar-refractivity contribution in [2.45, 2.75) is 145 Å². The molecule has 0 saturated carbocycles. The molecule has 0 radical (unpaired) electrons. The molecule has 3 aromatic carbocycles. The summed E-state index contributed by atoms with van der Waals surface area (Å²) in [6.45, 7) is 3.94. The van der Waals surface area contributed by atoms with E-state index in [2.05, 4.69) is 26.3 Å². The summed E-state index contributed by atoms with van der Waals surface area (Å²) in [4.78, 5) is 134. The second-order valence-electron chi connectivity index (χ2n) is 23.6. The topological polar surface area (TPSA) is 405 Å². The highest BCUT2D eigenvalue weighted by atomic mass is 16.7. The fraction of sp³-hybridized carbons (Fsp3) is 0.541. The van der Waals surface area contributed by atoms with Gasteiger partial charge in [0, 0.05) is 56.1 Å². The van der Waals surface area contributed by atoms with Gasteiger partial charge in [-0.3, -0.25) is 48.1 Å². The van der Waals surface area contributed by atoms with Gasteiger partial charge in [-0.1, -0.05) is 56.3 Å². The number of fused-ring (bicyclic) bond motifs is 3. The predicted octanol–water partition coefficient (Wildman–Crippen LogP) is -0.643. The summed E-state index contributed by atoms with van der Waals surface area (Å²) in [5.74, 6) is -8.54. The van der Waals surface area contributed by atoms with Crippen LogP contribution in [0.5, 0.6) is 17.2 Å². The second kappa shape index (κ2) is 29.3. The SMILES string of the molecule is COc1cccc2c1C(=O)c1c(O)c3c(c(O)c1C2=O)C[C@@](O)(C(=O)CO)C[C@@H]3O[C@H]1C[C@H](NC(=O)[C@H](CC(C)C)NC(=O)[C@H](CCc2ccccc2)NC(=O)CN(C)C(=O)[C@H](CCCN=C(N)N)NC(=O)[C@@H]2CCCN2C(=O)CN(C)C)[C@H](O)[C@H](C)O1. The van der Waals surface area contributed by atoms with Crippen molar-refractivity contribution in [1.29, 1.82) is 0 Å². The molecule has 88 heavy (non-hydrogen) atoms. The van der Waals surface area contributed by atoms with E-state index in [0.717, 1.165) is 10.5 Å². The number of carbonyl (C=O) groups is 9. The number of amides is 6. The van der Waals surface area contributed by atoms with Crippen molar-refractivity contribution in [3.05, 3.63) is 87.5 Å². The van der Waals surface area contributed by atoms with Gasteiger partial charge in [0.15, 0.2) is 23.8 Å². The molecule has 13 N–H and O–H groups in total. The molecule has 0 unspecified atom stereocenters. The van der Waals surface area contributed by atoms with Gasteiger partial charge < -0.3 is 87.2 Å². The lowest BCUT2D eigenvalue weighted by atomic mass is 9.72. The molecule has 2 heterocycles. The van der Waals surface area contributed by atoms with Gasteiger partial charge in [0.05, 0.1) is 55.1 Å². The van der Waals surface area contributed by atoms with Gasteiger partial charge in [-0.05, 0) is 83.5 Å². The molecule has 3 aromatic rings. The zero-order valence-electron chi connectivity index (χ0n) is 50.6. The van der Waals surface area contributed by atoms with E-state index in [1.165, 1.54) is 44.2 Å². The molecule has 2 fully saturated rings. The number of phenols is 2. The normalized spacial score (nSPS) is 22.3. The summed E-state index contributed by atoms with van der Waals surface area (Å²) in [7, 11) is 6.11. The Morgan fingerprint density at radius 3 is 2.24 bits per heavy atom. The first-order valence-electron chi connectivity index (χ1n) is 29.4. The number of likely N-dealkylation sites (tertiary alicyclic amines) is 1. The van der Waals surface area contributed by atoms with Gasteiger partial charge in [0.25, 0.3) is 0 Å². The van der Waals surface area contributed by atoms with E-state index in [9.17, 15) is 68.7 Å². The Morgan fingerprint density at radius 1 is 0.875 bits per heavy atom. The third-order valence-corrected chi connectivity index (χ3v) is 16.3. The minimum Gasteiger partial charge on any atom is -0.507 e. The fourth-order valence-corrected chi connectivity index (χ4v) is 11.9. The van der Waals surface area contributed by atoms with E-state index in [0.29, 0.717) is 19.4 Å². The van der Waals surface area contributed by atoms with E-state index >= 15 is 0 Å². The number of guanidine groups is 1. The molecule has 10 atom stereocenters. The number of hydrogen-bond acceptors (Lipinski definition) is 19. The number of aliphatic hydroxyl groups excluding tert-OH is 2. The Kier molecular flexibility index (Phi) is 22.4. The number of nitrogens with one attached hydrogen (secondary N) is 4. The zero-order chi connectivity index (χ0) is 64.5. The minimum absolute atomic E-state index is 0.0104. The fourth-order valence-electron chi connectivity index (χ4n) is 11.9.